The molecule has 0 aliphatic rings. The molecule has 0 aliphatic carbocycles. The fourth-order valence-electron chi connectivity index (χ4n) is 3.47. The molecule has 2 heterocycles. The van der Waals surface area contributed by atoms with Gasteiger partial charge in [-0.3, -0.25) is 19.5 Å². The van der Waals surface area contributed by atoms with E-state index in [2.05, 4.69) is 4.98 Å². The van der Waals surface area contributed by atoms with E-state index in [-0.39, 0.29) is 29.9 Å². The second-order valence-electron chi connectivity index (χ2n) is 6.97. The zero-order chi connectivity index (χ0) is 21.4. The van der Waals surface area contributed by atoms with Crippen molar-refractivity contribution in [3.05, 3.63) is 96.9 Å². The number of aromatic nitrogens is 4. The van der Waals surface area contributed by atoms with Crippen LogP contribution in [0.15, 0.2) is 64.4 Å². The summed E-state index contributed by atoms with van der Waals surface area (Å²) in [5, 5.41) is 11.1. The SMILES string of the molecule is CCn1c(=O)c2c(ncn2Cc2cccc([N+](=O)[O-])c2)n(-c2ccc(C)cc2)c1=O. The van der Waals surface area contributed by atoms with Gasteiger partial charge in [-0.05, 0) is 31.5 Å². The molecule has 2 aromatic carbocycles. The fourth-order valence-corrected chi connectivity index (χ4v) is 3.47. The van der Waals surface area contributed by atoms with Crippen LogP contribution in [0.5, 0.6) is 0 Å². The van der Waals surface area contributed by atoms with E-state index in [4.69, 9.17) is 0 Å². The van der Waals surface area contributed by atoms with Crippen molar-refractivity contribution in [3.63, 3.8) is 0 Å². The molecular weight excluding hydrogens is 386 g/mol. The van der Waals surface area contributed by atoms with E-state index >= 15 is 0 Å². The van der Waals surface area contributed by atoms with Crippen LogP contribution in [0.25, 0.3) is 16.9 Å². The zero-order valence-electron chi connectivity index (χ0n) is 16.5. The van der Waals surface area contributed by atoms with Crippen LogP contribution < -0.4 is 11.2 Å². The molecule has 9 nitrogen and oxygen atoms in total. The number of nitro benzene ring substituents is 1. The van der Waals surface area contributed by atoms with Crippen molar-refractivity contribution >= 4 is 16.9 Å². The lowest BCUT2D eigenvalue weighted by atomic mass is 10.2. The third-order valence-corrected chi connectivity index (χ3v) is 4.98. The van der Waals surface area contributed by atoms with Gasteiger partial charge in [0, 0.05) is 25.2 Å². The number of hydrogen-bond acceptors (Lipinski definition) is 5. The molecule has 2 aromatic heterocycles. The largest absolute Gasteiger partial charge is 0.337 e. The van der Waals surface area contributed by atoms with Gasteiger partial charge in [0.25, 0.3) is 11.2 Å². The van der Waals surface area contributed by atoms with Crippen LogP contribution in [0.4, 0.5) is 5.69 Å². The molecular formula is C21H19N5O4. The summed E-state index contributed by atoms with van der Waals surface area (Å²) in [6.45, 7) is 4.10. The van der Waals surface area contributed by atoms with Crippen LogP contribution in [0.1, 0.15) is 18.1 Å². The van der Waals surface area contributed by atoms with E-state index in [1.165, 1.54) is 23.0 Å². The van der Waals surface area contributed by atoms with E-state index in [0.29, 0.717) is 11.3 Å². The van der Waals surface area contributed by atoms with Crippen molar-refractivity contribution in [2.75, 3.05) is 0 Å². The average molecular weight is 405 g/mol. The van der Waals surface area contributed by atoms with Crippen molar-refractivity contribution in [3.8, 4) is 5.69 Å². The van der Waals surface area contributed by atoms with Crippen LogP contribution in [0.2, 0.25) is 0 Å². The summed E-state index contributed by atoms with van der Waals surface area (Å²) in [4.78, 5) is 41.0. The minimum Gasteiger partial charge on any atom is -0.320 e. The quantitative estimate of drug-likeness (QED) is 0.375. The molecule has 30 heavy (non-hydrogen) atoms. The maximum Gasteiger partial charge on any atom is 0.337 e. The Morgan fingerprint density at radius 1 is 1.10 bits per heavy atom. The Balaban J connectivity index is 1.94. The number of imidazole rings is 1. The number of nitro groups is 1. The van der Waals surface area contributed by atoms with Gasteiger partial charge in [-0.1, -0.05) is 29.8 Å². The van der Waals surface area contributed by atoms with Crippen molar-refractivity contribution < 1.29 is 4.92 Å². The summed E-state index contributed by atoms with van der Waals surface area (Å²) in [7, 11) is 0. The van der Waals surface area contributed by atoms with Crippen molar-refractivity contribution in [2.45, 2.75) is 26.9 Å². The summed E-state index contributed by atoms with van der Waals surface area (Å²) in [6.07, 6.45) is 1.48. The Hall–Kier alpha value is -4.01. The van der Waals surface area contributed by atoms with Crippen LogP contribution in [0.3, 0.4) is 0 Å². The van der Waals surface area contributed by atoms with Gasteiger partial charge in [-0.15, -0.1) is 0 Å². The molecule has 0 N–H and O–H groups in total. The number of benzene rings is 2. The molecule has 0 saturated heterocycles. The number of hydrogen-bond donors (Lipinski definition) is 0. The van der Waals surface area contributed by atoms with Gasteiger partial charge in [0.2, 0.25) is 0 Å². The molecule has 0 bridgehead atoms. The minimum absolute atomic E-state index is 0.0283. The first-order chi connectivity index (χ1) is 14.4. The Bertz CT molecular complexity index is 1380. The highest BCUT2D eigenvalue weighted by atomic mass is 16.6. The predicted molar refractivity (Wildman–Crippen MR) is 112 cm³/mol. The first kappa shape index (κ1) is 19.3. The highest BCUT2D eigenvalue weighted by molar-refractivity contribution is 5.72. The summed E-state index contributed by atoms with van der Waals surface area (Å²) in [6, 6.07) is 13.6. The molecule has 0 saturated carbocycles. The monoisotopic (exact) mass is 405 g/mol. The smallest absolute Gasteiger partial charge is 0.320 e. The van der Waals surface area contributed by atoms with E-state index in [0.717, 1.165) is 10.1 Å². The van der Waals surface area contributed by atoms with Gasteiger partial charge >= 0.3 is 5.69 Å². The van der Waals surface area contributed by atoms with E-state index < -0.39 is 16.2 Å². The van der Waals surface area contributed by atoms with Gasteiger partial charge in [0.15, 0.2) is 11.2 Å². The number of rotatable bonds is 5. The maximum absolute atomic E-state index is 13.0. The van der Waals surface area contributed by atoms with Crippen LogP contribution in [-0.2, 0) is 13.1 Å². The standard InChI is InChI=1S/C21H19N5O4/c1-3-24-20(27)18-19(25(21(24)28)16-9-7-14(2)8-10-16)22-13-23(18)12-15-5-4-6-17(11-15)26(29)30/h4-11,13H,3,12H2,1-2H3. The Morgan fingerprint density at radius 3 is 2.50 bits per heavy atom. The third-order valence-electron chi connectivity index (χ3n) is 4.98. The first-order valence-corrected chi connectivity index (χ1v) is 9.41. The third kappa shape index (κ3) is 3.20. The molecule has 4 rings (SSSR count). The van der Waals surface area contributed by atoms with E-state index in [9.17, 15) is 19.7 Å². The lowest BCUT2D eigenvalue weighted by molar-refractivity contribution is -0.384. The molecule has 0 atom stereocenters. The summed E-state index contributed by atoms with van der Waals surface area (Å²) in [5.41, 5.74) is 1.90. The lowest BCUT2D eigenvalue weighted by Crippen LogP contribution is -2.39. The molecule has 9 heteroatoms. The van der Waals surface area contributed by atoms with Crippen LogP contribution in [0, 0.1) is 17.0 Å². The highest BCUT2D eigenvalue weighted by Crippen LogP contribution is 2.18. The fraction of sp³-hybridized carbons (Fsp3) is 0.190. The number of aryl methyl sites for hydroxylation is 1. The van der Waals surface area contributed by atoms with Gasteiger partial charge in [-0.2, -0.15) is 0 Å². The zero-order valence-corrected chi connectivity index (χ0v) is 16.5. The Morgan fingerprint density at radius 2 is 1.83 bits per heavy atom. The lowest BCUT2D eigenvalue weighted by Gasteiger charge is -2.12. The first-order valence-electron chi connectivity index (χ1n) is 9.41. The molecule has 0 radical (unpaired) electrons. The summed E-state index contributed by atoms with van der Waals surface area (Å²) in [5.74, 6) is 0. The molecule has 0 spiro atoms. The van der Waals surface area contributed by atoms with Crippen LogP contribution >= 0.6 is 0 Å². The number of nitrogens with zero attached hydrogens (tertiary/aromatic N) is 5. The molecule has 0 fully saturated rings. The summed E-state index contributed by atoms with van der Waals surface area (Å²) < 4.78 is 4.20. The Labute approximate surface area is 170 Å². The van der Waals surface area contributed by atoms with Gasteiger partial charge in [0.1, 0.15) is 0 Å². The second kappa shape index (κ2) is 7.43. The van der Waals surface area contributed by atoms with Gasteiger partial charge < -0.3 is 4.57 Å². The molecule has 0 amide bonds. The van der Waals surface area contributed by atoms with Crippen molar-refractivity contribution in [1.82, 2.24) is 18.7 Å². The second-order valence-corrected chi connectivity index (χ2v) is 6.97. The molecule has 0 unspecified atom stereocenters. The van der Waals surface area contributed by atoms with Gasteiger partial charge in [0.05, 0.1) is 16.9 Å². The summed E-state index contributed by atoms with van der Waals surface area (Å²) >= 11 is 0. The van der Waals surface area contributed by atoms with E-state index in [1.54, 1.807) is 35.8 Å². The topological polar surface area (TPSA) is 105 Å². The highest BCUT2D eigenvalue weighted by Gasteiger charge is 2.19. The van der Waals surface area contributed by atoms with Crippen molar-refractivity contribution in [2.24, 2.45) is 0 Å². The number of non-ortho nitro benzene ring substituents is 1. The number of fused-ring (bicyclic) bond motifs is 1. The average Bonchev–Trinajstić information content (AvgIpc) is 3.13. The van der Waals surface area contributed by atoms with Gasteiger partial charge in [-0.25, -0.2) is 14.3 Å². The predicted octanol–water partition coefficient (Wildman–Crippen LogP) is 2.63. The molecule has 4 aromatic rings. The normalized spacial score (nSPS) is 11.1. The van der Waals surface area contributed by atoms with Crippen LogP contribution in [-0.4, -0.2) is 23.6 Å². The molecule has 0 aliphatic heterocycles. The maximum atomic E-state index is 13.0. The Kier molecular flexibility index (Phi) is 4.78. The molecule has 152 valence electrons. The van der Waals surface area contributed by atoms with Crippen molar-refractivity contribution in [1.29, 1.82) is 0 Å². The van der Waals surface area contributed by atoms with E-state index in [1.807, 2.05) is 19.1 Å². The minimum atomic E-state index is -0.464.